The predicted molar refractivity (Wildman–Crippen MR) is 89.9 cm³/mol. The summed E-state index contributed by atoms with van der Waals surface area (Å²) in [6.07, 6.45) is 0. The first kappa shape index (κ1) is 16.8. The molecule has 0 saturated heterocycles. The smallest absolute Gasteiger partial charge is 0.231 e. The molecule has 2 aromatic carbocycles. The third kappa shape index (κ3) is 3.15. The van der Waals surface area contributed by atoms with Gasteiger partial charge in [-0.2, -0.15) is 0 Å². The van der Waals surface area contributed by atoms with E-state index in [-0.39, 0.29) is 18.4 Å². The molecule has 1 heterocycles. The number of hydrogen-bond donors (Lipinski definition) is 0. The quantitative estimate of drug-likeness (QED) is 0.593. The fourth-order valence-electron chi connectivity index (χ4n) is 2.65. The van der Waals surface area contributed by atoms with Crippen LogP contribution in [0.1, 0.15) is 27.6 Å². The standard InChI is InChI=1S/C19H18O6/c1-11(18(20)12-4-7-15-17(8-12)25-10-24-15)19(21)14-6-5-13(22-2)9-16(14)23-3/h4-9,11H,10H2,1-3H3/t11-/m0/s1. The van der Waals surface area contributed by atoms with E-state index < -0.39 is 5.92 Å². The number of fused-ring (bicyclic) bond motifs is 1. The number of carbonyl (C=O) groups is 2. The molecular formula is C19H18O6. The van der Waals surface area contributed by atoms with Crippen LogP contribution in [0.25, 0.3) is 0 Å². The minimum Gasteiger partial charge on any atom is -0.497 e. The first-order chi connectivity index (χ1) is 12.0. The van der Waals surface area contributed by atoms with Gasteiger partial charge in [0.2, 0.25) is 6.79 Å². The zero-order chi connectivity index (χ0) is 18.0. The predicted octanol–water partition coefficient (Wildman–Crippen LogP) is 3.13. The molecule has 1 aliphatic heterocycles. The van der Waals surface area contributed by atoms with Crippen molar-refractivity contribution >= 4 is 11.6 Å². The van der Waals surface area contributed by atoms with Gasteiger partial charge in [-0.1, -0.05) is 0 Å². The number of methoxy groups -OCH3 is 2. The molecule has 0 aromatic heterocycles. The zero-order valence-electron chi connectivity index (χ0n) is 14.2. The molecule has 2 aromatic rings. The highest BCUT2D eigenvalue weighted by Gasteiger charge is 2.27. The molecule has 25 heavy (non-hydrogen) atoms. The first-order valence-corrected chi connectivity index (χ1v) is 7.75. The minimum absolute atomic E-state index is 0.129. The van der Waals surface area contributed by atoms with Gasteiger partial charge in [-0.3, -0.25) is 9.59 Å². The van der Waals surface area contributed by atoms with Crippen LogP contribution < -0.4 is 18.9 Å². The van der Waals surface area contributed by atoms with Crippen LogP contribution >= 0.6 is 0 Å². The lowest BCUT2D eigenvalue weighted by Gasteiger charge is -2.14. The Morgan fingerprint density at radius 1 is 0.960 bits per heavy atom. The molecule has 0 unspecified atom stereocenters. The molecule has 1 atom stereocenters. The fourth-order valence-corrected chi connectivity index (χ4v) is 2.65. The fraction of sp³-hybridized carbons (Fsp3) is 0.263. The average molecular weight is 342 g/mol. The van der Waals surface area contributed by atoms with E-state index in [0.717, 1.165) is 0 Å². The molecule has 0 radical (unpaired) electrons. The Balaban J connectivity index is 1.86. The van der Waals surface area contributed by atoms with Gasteiger partial charge in [0.15, 0.2) is 23.1 Å². The maximum absolute atomic E-state index is 12.8. The molecule has 130 valence electrons. The van der Waals surface area contributed by atoms with Gasteiger partial charge in [0.25, 0.3) is 0 Å². The lowest BCUT2D eigenvalue weighted by atomic mass is 9.91. The Morgan fingerprint density at radius 2 is 1.72 bits per heavy atom. The molecule has 0 aliphatic carbocycles. The Kier molecular flexibility index (Phi) is 4.61. The van der Waals surface area contributed by atoms with Gasteiger partial charge in [0.05, 0.1) is 25.7 Å². The van der Waals surface area contributed by atoms with Crippen molar-refractivity contribution in [2.45, 2.75) is 6.92 Å². The topological polar surface area (TPSA) is 71.1 Å². The molecular weight excluding hydrogens is 324 g/mol. The summed E-state index contributed by atoms with van der Waals surface area (Å²) in [5.74, 6) is 0.573. The Labute approximate surface area is 145 Å². The number of ketones is 2. The second-order valence-corrected chi connectivity index (χ2v) is 5.58. The van der Waals surface area contributed by atoms with E-state index in [1.54, 1.807) is 43.3 Å². The Bertz CT molecular complexity index is 827. The minimum atomic E-state index is -0.859. The van der Waals surface area contributed by atoms with Crippen molar-refractivity contribution in [3.05, 3.63) is 47.5 Å². The molecule has 6 heteroatoms. The largest absolute Gasteiger partial charge is 0.497 e. The summed E-state index contributed by atoms with van der Waals surface area (Å²) in [6.45, 7) is 1.71. The van der Waals surface area contributed by atoms with E-state index >= 15 is 0 Å². The zero-order valence-corrected chi connectivity index (χ0v) is 14.2. The van der Waals surface area contributed by atoms with Crippen molar-refractivity contribution in [2.24, 2.45) is 5.92 Å². The Morgan fingerprint density at radius 3 is 2.44 bits per heavy atom. The molecule has 0 bridgehead atoms. The third-order valence-corrected chi connectivity index (χ3v) is 4.12. The maximum Gasteiger partial charge on any atom is 0.231 e. The van der Waals surface area contributed by atoms with E-state index in [9.17, 15) is 9.59 Å². The summed E-state index contributed by atoms with van der Waals surface area (Å²) in [5.41, 5.74) is 0.738. The van der Waals surface area contributed by atoms with Crippen LogP contribution in [-0.2, 0) is 0 Å². The van der Waals surface area contributed by atoms with E-state index in [4.69, 9.17) is 18.9 Å². The highest BCUT2D eigenvalue weighted by Crippen LogP contribution is 2.34. The number of ether oxygens (including phenoxy) is 4. The monoisotopic (exact) mass is 342 g/mol. The van der Waals surface area contributed by atoms with Gasteiger partial charge in [-0.05, 0) is 37.3 Å². The summed E-state index contributed by atoms with van der Waals surface area (Å²) in [5, 5.41) is 0. The van der Waals surface area contributed by atoms with Crippen LogP contribution in [0, 0.1) is 5.92 Å². The average Bonchev–Trinajstić information content (AvgIpc) is 3.13. The second kappa shape index (κ2) is 6.84. The van der Waals surface area contributed by atoms with Gasteiger partial charge >= 0.3 is 0 Å². The van der Waals surface area contributed by atoms with Gasteiger partial charge in [-0.25, -0.2) is 0 Å². The lowest BCUT2D eigenvalue weighted by Crippen LogP contribution is -2.22. The maximum atomic E-state index is 12.8. The second-order valence-electron chi connectivity index (χ2n) is 5.58. The van der Waals surface area contributed by atoms with Crippen LogP contribution in [-0.4, -0.2) is 32.6 Å². The molecule has 6 nitrogen and oxygen atoms in total. The van der Waals surface area contributed by atoms with Crippen molar-refractivity contribution in [3.63, 3.8) is 0 Å². The van der Waals surface area contributed by atoms with Crippen molar-refractivity contribution in [2.75, 3.05) is 21.0 Å². The van der Waals surface area contributed by atoms with Crippen LogP contribution in [0.2, 0.25) is 0 Å². The molecule has 0 amide bonds. The van der Waals surface area contributed by atoms with Crippen LogP contribution in [0.3, 0.4) is 0 Å². The van der Waals surface area contributed by atoms with Crippen LogP contribution in [0.4, 0.5) is 0 Å². The number of benzene rings is 2. The van der Waals surface area contributed by atoms with Crippen molar-refractivity contribution in [1.82, 2.24) is 0 Å². The SMILES string of the molecule is COc1ccc(C(=O)[C@@H](C)C(=O)c2ccc3c(c2)OCO3)c(OC)c1. The summed E-state index contributed by atoms with van der Waals surface area (Å²) in [6, 6.07) is 9.77. The molecule has 1 aliphatic rings. The van der Waals surface area contributed by atoms with Crippen molar-refractivity contribution in [1.29, 1.82) is 0 Å². The van der Waals surface area contributed by atoms with Crippen LogP contribution in [0.15, 0.2) is 36.4 Å². The molecule has 0 saturated carbocycles. The van der Waals surface area contributed by atoms with Gasteiger partial charge in [0.1, 0.15) is 11.5 Å². The summed E-state index contributed by atoms with van der Waals surface area (Å²) >= 11 is 0. The lowest BCUT2D eigenvalue weighted by molar-refractivity contribution is 0.0819. The highest BCUT2D eigenvalue weighted by molar-refractivity contribution is 6.16. The van der Waals surface area contributed by atoms with Gasteiger partial charge in [0, 0.05) is 11.6 Å². The summed E-state index contributed by atoms with van der Waals surface area (Å²) in [7, 11) is 3.00. The molecule has 0 fully saturated rings. The summed E-state index contributed by atoms with van der Waals surface area (Å²) < 4.78 is 20.9. The van der Waals surface area contributed by atoms with E-state index in [0.29, 0.717) is 34.1 Å². The van der Waals surface area contributed by atoms with Crippen molar-refractivity contribution in [3.8, 4) is 23.0 Å². The Hall–Kier alpha value is -3.02. The summed E-state index contributed by atoms with van der Waals surface area (Å²) in [4.78, 5) is 25.5. The van der Waals surface area contributed by atoms with Crippen molar-refractivity contribution < 1.29 is 28.5 Å². The number of rotatable bonds is 6. The molecule has 0 N–H and O–H groups in total. The van der Waals surface area contributed by atoms with E-state index in [2.05, 4.69) is 0 Å². The van der Waals surface area contributed by atoms with E-state index in [1.807, 2.05) is 0 Å². The number of Topliss-reactive ketones (excluding diaryl/α,β-unsaturated/α-hetero) is 2. The first-order valence-electron chi connectivity index (χ1n) is 7.75. The molecule has 3 rings (SSSR count). The normalized spacial score (nSPS) is 13.2. The van der Waals surface area contributed by atoms with E-state index in [1.165, 1.54) is 14.2 Å². The number of hydrogen-bond acceptors (Lipinski definition) is 6. The van der Waals surface area contributed by atoms with Gasteiger partial charge < -0.3 is 18.9 Å². The number of carbonyl (C=O) groups excluding carboxylic acids is 2. The van der Waals surface area contributed by atoms with Crippen LogP contribution in [0.5, 0.6) is 23.0 Å². The molecule has 0 spiro atoms. The third-order valence-electron chi connectivity index (χ3n) is 4.12. The van der Waals surface area contributed by atoms with Gasteiger partial charge in [-0.15, -0.1) is 0 Å². The highest BCUT2D eigenvalue weighted by atomic mass is 16.7.